The van der Waals surface area contributed by atoms with E-state index in [1.165, 1.54) is 6.92 Å². The maximum Gasteiger partial charge on any atom is 0.217 e. The van der Waals surface area contributed by atoms with E-state index < -0.39 is 0 Å². The predicted molar refractivity (Wildman–Crippen MR) is 89.3 cm³/mol. The van der Waals surface area contributed by atoms with Crippen LogP contribution in [0.15, 0.2) is 16.7 Å². The SMILES string of the molecule is CCC(CC)O[C@@H]1C=C(c2cc(C=O)on2)C[C@H](N)[C@H]1NC(C)=O. The van der Waals surface area contributed by atoms with Crippen LogP contribution in [-0.4, -0.2) is 41.6 Å². The Kier molecular flexibility index (Phi) is 6.28. The zero-order chi connectivity index (χ0) is 17.7. The molecule has 0 bridgehead atoms. The van der Waals surface area contributed by atoms with Gasteiger partial charge in [0, 0.05) is 19.0 Å². The van der Waals surface area contributed by atoms with Gasteiger partial charge in [-0.2, -0.15) is 0 Å². The highest BCUT2D eigenvalue weighted by molar-refractivity contribution is 5.75. The van der Waals surface area contributed by atoms with Gasteiger partial charge in [0.15, 0.2) is 12.0 Å². The van der Waals surface area contributed by atoms with Crippen LogP contribution in [0.3, 0.4) is 0 Å². The Morgan fingerprint density at radius 1 is 1.54 bits per heavy atom. The molecule has 1 aromatic rings. The third kappa shape index (κ3) is 4.30. The fourth-order valence-electron chi connectivity index (χ4n) is 2.93. The summed E-state index contributed by atoms with van der Waals surface area (Å²) >= 11 is 0. The van der Waals surface area contributed by atoms with Crippen molar-refractivity contribution in [1.82, 2.24) is 10.5 Å². The largest absolute Gasteiger partial charge is 0.369 e. The molecule has 1 aliphatic rings. The number of aromatic nitrogens is 1. The third-order valence-corrected chi connectivity index (χ3v) is 4.24. The predicted octanol–water partition coefficient (Wildman–Crippen LogP) is 1.68. The van der Waals surface area contributed by atoms with Gasteiger partial charge in [-0.3, -0.25) is 9.59 Å². The van der Waals surface area contributed by atoms with Crippen molar-refractivity contribution in [2.24, 2.45) is 5.73 Å². The van der Waals surface area contributed by atoms with E-state index >= 15 is 0 Å². The van der Waals surface area contributed by atoms with Gasteiger partial charge >= 0.3 is 0 Å². The molecule has 1 aromatic heterocycles. The Hall–Kier alpha value is -1.99. The lowest BCUT2D eigenvalue weighted by Crippen LogP contribution is -2.56. The minimum Gasteiger partial charge on any atom is -0.369 e. The fraction of sp³-hybridized carbons (Fsp3) is 0.588. The molecule has 3 N–H and O–H groups in total. The molecule has 1 heterocycles. The van der Waals surface area contributed by atoms with Gasteiger partial charge in [0.2, 0.25) is 5.91 Å². The molecule has 0 aliphatic heterocycles. The number of rotatable bonds is 7. The van der Waals surface area contributed by atoms with Crippen LogP contribution in [0.4, 0.5) is 0 Å². The number of ether oxygens (including phenoxy) is 1. The van der Waals surface area contributed by atoms with E-state index in [2.05, 4.69) is 24.3 Å². The van der Waals surface area contributed by atoms with Crippen molar-refractivity contribution in [3.8, 4) is 0 Å². The quantitative estimate of drug-likeness (QED) is 0.734. The molecule has 132 valence electrons. The van der Waals surface area contributed by atoms with Gasteiger partial charge in [0.25, 0.3) is 0 Å². The van der Waals surface area contributed by atoms with Gasteiger partial charge < -0.3 is 20.3 Å². The first-order valence-corrected chi connectivity index (χ1v) is 8.29. The standard InChI is InChI=1S/C17H25N3O4/c1-4-12(5-2)23-16-7-11(15-8-13(9-21)24-20-15)6-14(18)17(16)19-10(3)22/h7-9,12,14,16-17H,4-6,18H2,1-3H3,(H,19,22)/t14-,16+,17+/m0/s1. The van der Waals surface area contributed by atoms with Crippen molar-refractivity contribution >= 4 is 17.8 Å². The normalized spacial score (nSPS) is 23.9. The lowest BCUT2D eigenvalue weighted by atomic mass is 9.87. The third-order valence-electron chi connectivity index (χ3n) is 4.24. The summed E-state index contributed by atoms with van der Waals surface area (Å²) in [6.45, 7) is 5.58. The molecule has 7 nitrogen and oxygen atoms in total. The molecule has 0 radical (unpaired) electrons. The van der Waals surface area contributed by atoms with Crippen molar-refractivity contribution in [2.45, 2.75) is 64.3 Å². The smallest absolute Gasteiger partial charge is 0.217 e. The highest BCUT2D eigenvalue weighted by Gasteiger charge is 2.34. The summed E-state index contributed by atoms with van der Waals surface area (Å²) in [5.41, 5.74) is 7.71. The Morgan fingerprint density at radius 2 is 2.25 bits per heavy atom. The molecule has 24 heavy (non-hydrogen) atoms. The van der Waals surface area contributed by atoms with E-state index in [4.69, 9.17) is 15.0 Å². The van der Waals surface area contributed by atoms with Crippen LogP contribution in [0, 0.1) is 0 Å². The molecule has 3 atom stereocenters. The molecular weight excluding hydrogens is 310 g/mol. The maximum atomic E-state index is 11.5. The van der Waals surface area contributed by atoms with E-state index in [0.29, 0.717) is 18.4 Å². The highest BCUT2D eigenvalue weighted by Crippen LogP contribution is 2.29. The summed E-state index contributed by atoms with van der Waals surface area (Å²) in [5.74, 6) is 0.0241. The number of amides is 1. The Labute approximate surface area is 141 Å². The average Bonchev–Trinajstić information content (AvgIpc) is 3.04. The van der Waals surface area contributed by atoms with Gasteiger partial charge in [0.1, 0.15) is 5.69 Å². The fourth-order valence-corrected chi connectivity index (χ4v) is 2.93. The molecule has 1 aliphatic carbocycles. The molecule has 0 saturated carbocycles. The van der Waals surface area contributed by atoms with Gasteiger partial charge in [-0.25, -0.2) is 0 Å². The number of nitrogens with zero attached hydrogens (tertiary/aromatic N) is 1. The summed E-state index contributed by atoms with van der Waals surface area (Å²) in [5, 5.41) is 6.80. The second-order valence-electron chi connectivity index (χ2n) is 6.06. The minimum absolute atomic E-state index is 0.0805. The molecule has 0 fully saturated rings. The second-order valence-corrected chi connectivity index (χ2v) is 6.06. The average molecular weight is 335 g/mol. The van der Waals surface area contributed by atoms with Crippen LogP contribution >= 0.6 is 0 Å². The minimum atomic E-state index is -0.353. The first kappa shape index (κ1) is 18.4. The molecule has 0 spiro atoms. The summed E-state index contributed by atoms with van der Waals surface area (Å²) in [7, 11) is 0. The zero-order valence-corrected chi connectivity index (χ0v) is 14.3. The maximum absolute atomic E-state index is 11.5. The van der Waals surface area contributed by atoms with Crippen molar-refractivity contribution in [3.63, 3.8) is 0 Å². The number of carbonyl (C=O) groups excluding carboxylic acids is 2. The van der Waals surface area contributed by atoms with E-state index in [-0.39, 0.29) is 36.0 Å². The molecule has 0 aromatic carbocycles. The number of carbonyl (C=O) groups is 2. The summed E-state index contributed by atoms with van der Waals surface area (Å²) in [6.07, 6.45) is 4.52. The van der Waals surface area contributed by atoms with Crippen molar-refractivity contribution in [2.75, 3.05) is 0 Å². The van der Waals surface area contributed by atoms with Crippen LogP contribution < -0.4 is 11.1 Å². The lowest BCUT2D eigenvalue weighted by molar-refractivity contribution is -0.121. The van der Waals surface area contributed by atoms with Crippen molar-refractivity contribution in [3.05, 3.63) is 23.6 Å². The van der Waals surface area contributed by atoms with E-state index in [1.807, 2.05) is 6.08 Å². The van der Waals surface area contributed by atoms with Gasteiger partial charge in [-0.1, -0.05) is 19.0 Å². The van der Waals surface area contributed by atoms with Crippen LogP contribution in [0.1, 0.15) is 56.3 Å². The molecule has 7 heteroatoms. The molecular formula is C17H25N3O4. The molecule has 0 unspecified atom stereocenters. The van der Waals surface area contributed by atoms with Crippen LogP contribution in [0.5, 0.6) is 0 Å². The Bertz CT molecular complexity index is 607. The van der Waals surface area contributed by atoms with Gasteiger partial charge in [0.05, 0.1) is 18.2 Å². The number of hydrogen-bond acceptors (Lipinski definition) is 6. The summed E-state index contributed by atoms with van der Waals surface area (Å²) in [4.78, 5) is 22.3. The molecule has 0 saturated heterocycles. The molecule has 1 amide bonds. The van der Waals surface area contributed by atoms with Gasteiger partial charge in [-0.05, 0) is 30.9 Å². The van der Waals surface area contributed by atoms with Crippen molar-refractivity contribution in [1.29, 1.82) is 0 Å². The molecule has 2 rings (SSSR count). The lowest BCUT2D eigenvalue weighted by Gasteiger charge is -2.36. The van der Waals surface area contributed by atoms with Crippen LogP contribution in [-0.2, 0) is 9.53 Å². The van der Waals surface area contributed by atoms with E-state index in [9.17, 15) is 9.59 Å². The van der Waals surface area contributed by atoms with Gasteiger partial charge in [-0.15, -0.1) is 0 Å². The number of hydrogen-bond donors (Lipinski definition) is 2. The Morgan fingerprint density at radius 3 is 2.79 bits per heavy atom. The number of aldehydes is 1. The zero-order valence-electron chi connectivity index (χ0n) is 14.3. The topological polar surface area (TPSA) is 107 Å². The first-order valence-electron chi connectivity index (χ1n) is 8.29. The number of nitrogens with two attached hydrogens (primary N) is 1. The second kappa shape index (κ2) is 8.21. The number of nitrogens with one attached hydrogen (secondary N) is 1. The first-order chi connectivity index (χ1) is 11.5. The Balaban J connectivity index is 2.30. The van der Waals surface area contributed by atoms with Crippen LogP contribution in [0.2, 0.25) is 0 Å². The summed E-state index contributed by atoms with van der Waals surface area (Å²) < 4.78 is 11.1. The highest BCUT2D eigenvalue weighted by atomic mass is 16.5. The van der Waals surface area contributed by atoms with Crippen molar-refractivity contribution < 1.29 is 18.8 Å². The van der Waals surface area contributed by atoms with E-state index in [0.717, 1.165) is 18.4 Å². The summed E-state index contributed by atoms with van der Waals surface area (Å²) in [6, 6.07) is 0.965. The monoisotopic (exact) mass is 335 g/mol. The van der Waals surface area contributed by atoms with Crippen LogP contribution in [0.25, 0.3) is 5.57 Å². The van der Waals surface area contributed by atoms with E-state index in [1.54, 1.807) is 6.07 Å².